The normalized spacial score (nSPS) is 11.2. The third kappa shape index (κ3) is 6.58. The Morgan fingerprint density at radius 2 is 0.564 bits per heavy atom. The van der Waals surface area contributed by atoms with Crippen LogP contribution in [0.15, 0.2) is 206 Å². The molecule has 0 aliphatic carbocycles. The van der Waals surface area contributed by atoms with E-state index < -0.39 is 0 Å². The fourth-order valence-electron chi connectivity index (χ4n) is 8.04. The lowest BCUT2D eigenvalue weighted by Gasteiger charge is -2.18. The molecule has 0 atom stereocenters. The summed E-state index contributed by atoms with van der Waals surface area (Å²) in [7, 11) is 0. The molecule has 0 spiro atoms. The van der Waals surface area contributed by atoms with Crippen molar-refractivity contribution >= 4 is 43.1 Å². The monoisotopic (exact) mass is 702 g/mol. The second kappa shape index (κ2) is 14.9. The van der Waals surface area contributed by atoms with Gasteiger partial charge in [-0.15, -0.1) is 0 Å². The molecule has 0 nitrogen and oxygen atoms in total. The van der Waals surface area contributed by atoms with Crippen molar-refractivity contribution in [2.45, 2.75) is 20.3 Å². The van der Waals surface area contributed by atoms with Crippen LogP contribution in [0.4, 0.5) is 0 Å². The molecule has 0 aliphatic rings. The van der Waals surface area contributed by atoms with E-state index in [1.165, 1.54) is 105 Å². The van der Waals surface area contributed by atoms with Gasteiger partial charge in [-0.25, -0.2) is 0 Å². The summed E-state index contributed by atoms with van der Waals surface area (Å²) < 4.78 is 0. The highest BCUT2D eigenvalue weighted by atomic mass is 14.2. The van der Waals surface area contributed by atoms with E-state index in [0.717, 1.165) is 0 Å². The third-order valence-corrected chi connectivity index (χ3v) is 10.6. The molecule has 0 saturated heterocycles. The standard InChI is InChI=1S/C52H34.C3H8/c1-2-11-35(12-3-1)40-15-10-16-41(31-40)43-28-29-44-32-42(26-27-45(44)33-43)37-21-24-38(25-22-37)51-47-17-6-8-19-49(47)52(50-20-9-7-18-48(50)51)46-30-23-36-13-4-5-14-39(36)34-46;1-3-2/h1-34H;3H2,1-2H3. The van der Waals surface area contributed by atoms with Crippen LogP contribution in [0.25, 0.3) is 98.7 Å². The Labute approximate surface area is 324 Å². The van der Waals surface area contributed by atoms with Gasteiger partial charge in [0, 0.05) is 0 Å². The molecule has 0 heteroatoms. The molecule has 0 amide bonds. The lowest BCUT2D eigenvalue weighted by Crippen LogP contribution is -1.91. The van der Waals surface area contributed by atoms with Gasteiger partial charge in [-0.2, -0.15) is 0 Å². The first-order valence-corrected chi connectivity index (χ1v) is 19.4. The molecule has 10 aromatic rings. The largest absolute Gasteiger partial charge is 0.0656 e. The predicted molar refractivity (Wildman–Crippen MR) is 240 cm³/mol. The van der Waals surface area contributed by atoms with E-state index in [1.807, 2.05) is 0 Å². The summed E-state index contributed by atoms with van der Waals surface area (Å²) in [6.07, 6.45) is 1.25. The summed E-state index contributed by atoms with van der Waals surface area (Å²) in [5, 5.41) is 10.1. The Kier molecular flexibility index (Phi) is 9.24. The highest BCUT2D eigenvalue weighted by Gasteiger charge is 2.17. The van der Waals surface area contributed by atoms with E-state index in [0.29, 0.717) is 0 Å². The zero-order valence-electron chi connectivity index (χ0n) is 31.3. The van der Waals surface area contributed by atoms with Crippen molar-refractivity contribution in [1.29, 1.82) is 0 Å². The molecule has 0 aromatic heterocycles. The van der Waals surface area contributed by atoms with Crippen molar-refractivity contribution in [2.75, 3.05) is 0 Å². The van der Waals surface area contributed by atoms with E-state index in [2.05, 4.69) is 220 Å². The van der Waals surface area contributed by atoms with Crippen LogP contribution in [-0.4, -0.2) is 0 Å². The van der Waals surface area contributed by atoms with E-state index in [9.17, 15) is 0 Å². The van der Waals surface area contributed by atoms with Crippen molar-refractivity contribution in [3.05, 3.63) is 206 Å². The molecule has 0 saturated carbocycles. The first kappa shape index (κ1) is 34.0. The third-order valence-electron chi connectivity index (χ3n) is 10.6. The van der Waals surface area contributed by atoms with Crippen LogP contribution in [0.3, 0.4) is 0 Å². The Hall–Kier alpha value is -6.76. The molecule has 0 aliphatic heterocycles. The summed E-state index contributed by atoms with van der Waals surface area (Å²) in [6.45, 7) is 4.25. The number of benzene rings is 10. The van der Waals surface area contributed by atoms with Gasteiger partial charge in [0.25, 0.3) is 0 Å². The quantitative estimate of drug-likeness (QED) is 0.157. The first-order valence-electron chi connectivity index (χ1n) is 19.4. The smallest absolute Gasteiger partial charge is 0.00262 e. The van der Waals surface area contributed by atoms with Gasteiger partial charge in [0.1, 0.15) is 0 Å². The fourth-order valence-corrected chi connectivity index (χ4v) is 8.04. The van der Waals surface area contributed by atoms with Crippen LogP contribution in [-0.2, 0) is 0 Å². The van der Waals surface area contributed by atoms with Gasteiger partial charge in [0.05, 0.1) is 0 Å². The average molecular weight is 703 g/mol. The van der Waals surface area contributed by atoms with Crippen molar-refractivity contribution in [1.82, 2.24) is 0 Å². The van der Waals surface area contributed by atoms with Gasteiger partial charge in [-0.1, -0.05) is 202 Å². The highest BCUT2D eigenvalue weighted by Crippen LogP contribution is 2.44. The molecule has 0 heterocycles. The topological polar surface area (TPSA) is 0 Å². The molecule has 0 fully saturated rings. The molecule has 0 N–H and O–H groups in total. The second-order valence-electron chi connectivity index (χ2n) is 14.4. The SMILES string of the molecule is CCC.c1ccc(-c2cccc(-c3ccc4cc(-c5ccc(-c6c7ccccc7c(-c7ccc8ccccc8c7)c7ccccc67)cc5)ccc4c3)c2)cc1. The molecular weight excluding hydrogens is 661 g/mol. The minimum absolute atomic E-state index is 1.21. The molecule has 10 aromatic carbocycles. The van der Waals surface area contributed by atoms with Crippen LogP contribution in [0.5, 0.6) is 0 Å². The van der Waals surface area contributed by atoms with Crippen molar-refractivity contribution in [2.24, 2.45) is 0 Å². The first-order chi connectivity index (χ1) is 27.2. The zero-order chi connectivity index (χ0) is 37.1. The Morgan fingerprint density at radius 1 is 0.236 bits per heavy atom. The lowest BCUT2D eigenvalue weighted by atomic mass is 9.85. The number of hydrogen-bond acceptors (Lipinski definition) is 0. The van der Waals surface area contributed by atoms with E-state index in [4.69, 9.17) is 0 Å². The summed E-state index contributed by atoms with van der Waals surface area (Å²) >= 11 is 0. The Balaban J connectivity index is 0.00000128. The maximum absolute atomic E-state index is 2.34. The molecular formula is C55H42. The minimum atomic E-state index is 1.21. The van der Waals surface area contributed by atoms with Crippen molar-refractivity contribution in [3.63, 3.8) is 0 Å². The van der Waals surface area contributed by atoms with Crippen LogP contribution in [0.2, 0.25) is 0 Å². The molecule has 262 valence electrons. The molecule has 0 radical (unpaired) electrons. The van der Waals surface area contributed by atoms with Crippen LogP contribution in [0.1, 0.15) is 20.3 Å². The van der Waals surface area contributed by atoms with Gasteiger partial charge >= 0.3 is 0 Å². The maximum Gasteiger partial charge on any atom is -0.00262 e. The van der Waals surface area contributed by atoms with Crippen molar-refractivity contribution < 1.29 is 0 Å². The number of rotatable bonds is 5. The maximum atomic E-state index is 2.34. The predicted octanol–water partition coefficient (Wildman–Crippen LogP) is 16.1. The Morgan fingerprint density at radius 3 is 1.16 bits per heavy atom. The van der Waals surface area contributed by atoms with Crippen molar-refractivity contribution in [3.8, 4) is 55.6 Å². The number of fused-ring (bicyclic) bond motifs is 4. The van der Waals surface area contributed by atoms with Gasteiger partial charge in [0.2, 0.25) is 0 Å². The average Bonchev–Trinajstić information content (AvgIpc) is 3.25. The van der Waals surface area contributed by atoms with Crippen LogP contribution in [0, 0.1) is 0 Å². The summed E-state index contributed by atoms with van der Waals surface area (Å²) in [4.78, 5) is 0. The molecule has 0 unspecified atom stereocenters. The van der Waals surface area contributed by atoms with Crippen LogP contribution >= 0.6 is 0 Å². The number of hydrogen-bond donors (Lipinski definition) is 0. The fraction of sp³-hybridized carbons (Fsp3) is 0.0545. The van der Waals surface area contributed by atoms with Crippen LogP contribution < -0.4 is 0 Å². The van der Waals surface area contributed by atoms with Gasteiger partial charge in [-0.3, -0.25) is 0 Å². The summed E-state index contributed by atoms with van der Waals surface area (Å²) in [5.74, 6) is 0. The Bertz CT molecular complexity index is 2890. The van der Waals surface area contributed by atoms with Gasteiger partial charge < -0.3 is 0 Å². The minimum Gasteiger partial charge on any atom is -0.0656 e. The summed E-state index contributed by atoms with van der Waals surface area (Å²) in [5.41, 5.74) is 12.4. The van der Waals surface area contributed by atoms with E-state index in [1.54, 1.807) is 0 Å². The molecule has 55 heavy (non-hydrogen) atoms. The zero-order valence-corrected chi connectivity index (χ0v) is 31.3. The second-order valence-corrected chi connectivity index (χ2v) is 14.4. The van der Waals surface area contributed by atoms with Gasteiger partial charge in [0.15, 0.2) is 0 Å². The van der Waals surface area contributed by atoms with E-state index in [-0.39, 0.29) is 0 Å². The lowest BCUT2D eigenvalue weighted by molar-refractivity contribution is 1.09. The summed E-state index contributed by atoms with van der Waals surface area (Å²) in [6, 6.07) is 75.5. The molecule has 0 bridgehead atoms. The highest BCUT2D eigenvalue weighted by molar-refractivity contribution is 6.21. The van der Waals surface area contributed by atoms with E-state index >= 15 is 0 Å². The van der Waals surface area contributed by atoms with Gasteiger partial charge in [-0.05, 0) is 123 Å². The molecule has 10 rings (SSSR count).